The standard InChI is InChI=1S/C16H25NO2/c1-3-9-16(2,14-19)13-17(10-11-18)12-15-7-5-4-6-8-15/h4-8,14,18H,3,9-13H2,1-2H3. The number of hydrogen-bond donors (Lipinski definition) is 1. The van der Waals surface area contributed by atoms with Crippen LogP contribution >= 0.6 is 0 Å². The van der Waals surface area contributed by atoms with Crippen LogP contribution in [0.5, 0.6) is 0 Å². The number of carbonyl (C=O) groups is 1. The Morgan fingerprint density at radius 1 is 1.32 bits per heavy atom. The SMILES string of the molecule is CCCC(C)(C=O)CN(CCO)Cc1ccccc1. The fourth-order valence-electron chi connectivity index (χ4n) is 2.45. The van der Waals surface area contributed by atoms with Gasteiger partial charge in [0.1, 0.15) is 6.29 Å². The molecule has 0 saturated heterocycles. The molecule has 1 aromatic carbocycles. The largest absolute Gasteiger partial charge is 0.395 e. The van der Waals surface area contributed by atoms with Crippen LogP contribution < -0.4 is 0 Å². The van der Waals surface area contributed by atoms with Gasteiger partial charge in [-0.1, -0.05) is 50.6 Å². The number of carbonyl (C=O) groups excluding carboxylic acids is 1. The highest BCUT2D eigenvalue weighted by atomic mass is 16.3. The number of hydrogen-bond acceptors (Lipinski definition) is 3. The summed E-state index contributed by atoms with van der Waals surface area (Å²) in [6.07, 6.45) is 2.94. The molecule has 0 amide bonds. The van der Waals surface area contributed by atoms with Crippen molar-refractivity contribution in [2.75, 3.05) is 19.7 Å². The Kier molecular flexibility index (Phi) is 6.74. The summed E-state index contributed by atoms with van der Waals surface area (Å²) in [5.41, 5.74) is 0.888. The van der Waals surface area contributed by atoms with Gasteiger partial charge in [0.15, 0.2) is 0 Å². The average molecular weight is 263 g/mol. The van der Waals surface area contributed by atoms with Gasteiger partial charge in [0.25, 0.3) is 0 Å². The van der Waals surface area contributed by atoms with Crippen LogP contribution in [-0.4, -0.2) is 36.0 Å². The summed E-state index contributed by atoms with van der Waals surface area (Å²) in [5, 5.41) is 9.18. The number of aldehydes is 1. The second-order valence-corrected chi connectivity index (χ2v) is 5.44. The van der Waals surface area contributed by atoms with Gasteiger partial charge in [0, 0.05) is 25.0 Å². The Hall–Kier alpha value is -1.19. The number of benzene rings is 1. The van der Waals surface area contributed by atoms with Crippen molar-refractivity contribution in [3.63, 3.8) is 0 Å². The first-order valence-electron chi connectivity index (χ1n) is 6.97. The minimum Gasteiger partial charge on any atom is -0.395 e. The monoisotopic (exact) mass is 263 g/mol. The molecule has 0 heterocycles. The molecule has 1 N–H and O–H groups in total. The maximum atomic E-state index is 11.3. The Bertz CT molecular complexity index is 366. The number of aliphatic hydroxyl groups excluding tert-OH is 1. The van der Waals surface area contributed by atoms with Gasteiger partial charge in [0.2, 0.25) is 0 Å². The first-order chi connectivity index (χ1) is 9.13. The van der Waals surface area contributed by atoms with Crippen molar-refractivity contribution in [2.45, 2.75) is 33.2 Å². The minimum absolute atomic E-state index is 0.119. The molecule has 19 heavy (non-hydrogen) atoms. The third-order valence-electron chi connectivity index (χ3n) is 3.36. The normalized spacial score (nSPS) is 14.3. The summed E-state index contributed by atoms with van der Waals surface area (Å²) in [6, 6.07) is 10.2. The Labute approximate surface area is 116 Å². The molecular formula is C16H25NO2. The van der Waals surface area contributed by atoms with E-state index in [1.165, 1.54) is 5.56 Å². The molecule has 0 aliphatic rings. The lowest BCUT2D eigenvalue weighted by atomic mass is 9.86. The van der Waals surface area contributed by atoms with Gasteiger partial charge in [0.05, 0.1) is 6.61 Å². The zero-order chi connectivity index (χ0) is 14.1. The van der Waals surface area contributed by atoms with Gasteiger partial charge in [-0.15, -0.1) is 0 Å². The van der Waals surface area contributed by atoms with Crippen molar-refractivity contribution in [1.29, 1.82) is 0 Å². The highest BCUT2D eigenvalue weighted by Gasteiger charge is 2.25. The molecule has 0 saturated carbocycles. The van der Waals surface area contributed by atoms with Crippen molar-refractivity contribution in [3.8, 4) is 0 Å². The Balaban J connectivity index is 2.69. The molecule has 0 radical (unpaired) electrons. The van der Waals surface area contributed by atoms with Gasteiger partial charge in [-0.2, -0.15) is 0 Å². The zero-order valence-electron chi connectivity index (χ0n) is 12.0. The van der Waals surface area contributed by atoms with Crippen molar-refractivity contribution >= 4 is 6.29 Å². The van der Waals surface area contributed by atoms with E-state index in [1.807, 2.05) is 25.1 Å². The summed E-state index contributed by atoms with van der Waals surface area (Å²) in [5.74, 6) is 0. The van der Waals surface area contributed by atoms with Crippen LogP contribution in [0.3, 0.4) is 0 Å². The van der Waals surface area contributed by atoms with Crippen LogP contribution in [0.1, 0.15) is 32.3 Å². The lowest BCUT2D eigenvalue weighted by Crippen LogP contribution is -2.38. The van der Waals surface area contributed by atoms with Crippen molar-refractivity contribution in [3.05, 3.63) is 35.9 Å². The summed E-state index contributed by atoms with van der Waals surface area (Å²) < 4.78 is 0. The van der Waals surface area contributed by atoms with E-state index in [9.17, 15) is 9.90 Å². The molecule has 0 bridgehead atoms. The average Bonchev–Trinajstić information content (AvgIpc) is 2.40. The molecule has 1 aromatic rings. The van der Waals surface area contributed by atoms with Crippen LogP contribution in [-0.2, 0) is 11.3 Å². The molecule has 0 aromatic heterocycles. The molecule has 3 nitrogen and oxygen atoms in total. The fraction of sp³-hybridized carbons (Fsp3) is 0.562. The maximum absolute atomic E-state index is 11.3. The molecule has 1 atom stereocenters. The highest BCUT2D eigenvalue weighted by Crippen LogP contribution is 2.22. The van der Waals surface area contributed by atoms with E-state index in [1.54, 1.807) is 0 Å². The summed E-state index contributed by atoms with van der Waals surface area (Å²) in [6.45, 7) is 6.28. The van der Waals surface area contributed by atoms with Crippen LogP contribution in [0.4, 0.5) is 0 Å². The molecule has 1 unspecified atom stereocenters. The van der Waals surface area contributed by atoms with E-state index in [4.69, 9.17) is 0 Å². The van der Waals surface area contributed by atoms with E-state index < -0.39 is 0 Å². The lowest BCUT2D eigenvalue weighted by molar-refractivity contribution is -0.117. The van der Waals surface area contributed by atoms with Gasteiger partial charge >= 0.3 is 0 Å². The lowest BCUT2D eigenvalue weighted by Gasteiger charge is -2.31. The zero-order valence-corrected chi connectivity index (χ0v) is 12.0. The predicted molar refractivity (Wildman–Crippen MR) is 77.9 cm³/mol. The van der Waals surface area contributed by atoms with Gasteiger partial charge < -0.3 is 9.90 Å². The topological polar surface area (TPSA) is 40.5 Å². The maximum Gasteiger partial charge on any atom is 0.127 e. The predicted octanol–water partition coefficient (Wildman–Crippen LogP) is 2.49. The van der Waals surface area contributed by atoms with E-state index in [-0.39, 0.29) is 12.0 Å². The minimum atomic E-state index is -0.321. The highest BCUT2D eigenvalue weighted by molar-refractivity contribution is 5.59. The first kappa shape index (κ1) is 15.9. The molecule has 0 fully saturated rings. The molecular weight excluding hydrogens is 238 g/mol. The molecule has 106 valence electrons. The van der Waals surface area contributed by atoms with Crippen molar-refractivity contribution < 1.29 is 9.90 Å². The van der Waals surface area contributed by atoms with E-state index in [0.717, 1.165) is 25.7 Å². The smallest absolute Gasteiger partial charge is 0.127 e. The van der Waals surface area contributed by atoms with Crippen LogP contribution in [0.25, 0.3) is 0 Å². The second-order valence-electron chi connectivity index (χ2n) is 5.44. The van der Waals surface area contributed by atoms with Crippen LogP contribution in [0.15, 0.2) is 30.3 Å². The molecule has 0 aliphatic heterocycles. The summed E-state index contributed by atoms with van der Waals surface area (Å²) >= 11 is 0. The molecule has 0 spiro atoms. The third-order valence-corrected chi connectivity index (χ3v) is 3.36. The molecule has 0 aliphatic carbocycles. The van der Waals surface area contributed by atoms with Crippen molar-refractivity contribution in [1.82, 2.24) is 4.90 Å². The number of aliphatic hydroxyl groups is 1. The van der Waals surface area contributed by atoms with Gasteiger partial charge in [-0.05, 0) is 12.0 Å². The Morgan fingerprint density at radius 2 is 2.00 bits per heavy atom. The first-order valence-corrected chi connectivity index (χ1v) is 6.97. The van der Waals surface area contributed by atoms with Gasteiger partial charge in [-0.25, -0.2) is 0 Å². The van der Waals surface area contributed by atoms with E-state index in [2.05, 4.69) is 24.0 Å². The fourth-order valence-corrected chi connectivity index (χ4v) is 2.45. The van der Waals surface area contributed by atoms with Gasteiger partial charge in [-0.3, -0.25) is 4.90 Å². The third kappa shape index (κ3) is 5.53. The number of nitrogens with zero attached hydrogens (tertiary/aromatic N) is 1. The van der Waals surface area contributed by atoms with Crippen LogP contribution in [0.2, 0.25) is 0 Å². The number of rotatable bonds is 9. The van der Waals surface area contributed by atoms with E-state index in [0.29, 0.717) is 13.1 Å². The van der Waals surface area contributed by atoms with E-state index >= 15 is 0 Å². The molecule has 1 rings (SSSR count). The summed E-state index contributed by atoms with van der Waals surface area (Å²) in [7, 11) is 0. The molecule has 3 heteroatoms. The van der Waals surface area contributed by atoms with Crippen molar-refractivity contribution in [2.24, 2.45) is 5.41 Å². The van der Waals surface area contributed by atoms with Crippen LogP contribution in [0, 0.1) is 5.41 Å². The Morgan fingerprint density at radius 3 is 2.53 bits per heavy atom. The summed E-state index contributed by atoms with van der Waals surface area (Å²) in [4.78, 5) is 13.5. The quantitative estimate of drug-likeness (QED) is 0.696. The second kappa shape index (κ2) is 8.08.